The lowest BCUT2D eigenvalue weighted by Crippen LogP contribution is -2.10. The van der Waals surface area contributed by atoms with E-state index in [0.29, 0.717) is 6.42 Å². The molecule has 0 heterocycles. The highest BCUT2D eigenvalue weighted by Gasteiger charge is 2.14. The second-order valence-corrected chi connectivity index (χ2v) is 4.95. The zero-order chi connectivity index (χ0) is 14.4. The quantitative estimate of drug-likeness (QED) is 0.791. The molecule has 2 aromatic rings. The first-order chi connectivity index (χ1) is 9.70. The molecule has 0 aliphatic rings. The van der Waals surface area contributed by atoms with Crippen LogP contribution in [0.15, 0.2) is 54.6 Å². The summed E-state index contributed by atoms with van der Waals surface area (Å²) in [6.07, 6.45) is 1.39. The number of carbonyl (C=O) groups excluding carboxylic acids is 1. The number of rotatable bonds is 6. The summed E-state index contributed by atoms with van der Waals surface area (Å²) in [5.41, 5.74) is 2.26. The van der Waals surface area contributed by atoms with Crippen LogP contribution in [0.25, 0.3) is 0 Å². The van der Waals surface area contributed by atoms with Gasteiger partial charge in [-0.1, -0.05) is 49.4 Å². The van der Waals surface area contributed by atoms with E-state index < -0.39 is 0 Å². The third kappa shape index (κ3) is 3.70. The molecule has 2 heteroatoms. The number of ketones is 1. The molecule has 0 aliphatic carbocycles. The van der Waals surface area contributed by atoms with Crippen LogP contribution in [0.2, 0.25) is 0 Å². The molecule has 2 nitrogen and oxygen atoms in total. The minimum atomic E-state index is -0.0652. The Morgan fingerprint density at radius 3 is 2.30 bits per heavy atom. The average molecular weight is 268 g/mol. The maximum absolute atomic E-state index is 12.2. The van der Waals surface area contributed by atoms with Gasteiger partial charge in [0.15, 0.2) is 0 Å². The number of hydrogen-bond donors (Lipinski definition) is 0. The highest BCUT2D eigenvalue weighted by Crippen LogP contribution is 2.21. The van der Waals surface area contributed by atoms with Crippen LogP contribution in [-0.2, 0) is 11.2 Å². The van der Waals surface area contributed by atoms with Crippen LogP contribution in [0.1, 0.15) is 30.4 Å². The summed E-state index contributed by atoms with van der Waals surface area (Å²) >= 11 is 0. The molecule has 1 unspecified atom stereocenters. The number of methoxy groups -OCH3 is 1. The molecule has 0 saturated heterocycles. The van der Waals surface area contributed by atoms with Gasteiger partial charge < -0.3 is 4.74 Å². The van der Waals surface area contributed by atoms with Gasteiger partial charge in [-0.15, -0.1) is 0 Å². The first-order valence-corrected chi connectivity index (χ1v) is 6.91. The van der Waals surface area contributed by atoms with E-state index in [-0.39, 0.29) is 11.7 Å². The van der Waals surface area contributed by atoms with Crippen LogP contribution >= 0.6 is 0 Å². The highest BCUT2D eigenvalue weighted by atomic mass is 16.5. The summed E-state index contributed by atoms with van der Waals surface area (Å²) in [7, 11) is 1.64. The summed E-state index contributed by atoms with van der Waals surface area (Å²) < 4.78 is 5.13. The van der Waals surface area contributed by atoms with E-state index >= 15 is 0 Å². The Kier molecular flexibility index (Phi) is 4.94. The Morgan fingerprint density at radius 1 is 1.05 bits per heavy atom. The minimum Gasteiger partial charge on any atom is -0.497 e. The zero-order valence-corrected chi connectivity index (χ0v) is 12.0. The fourth-order valence-corrected chi connectivity index (χ4v) is 2.21. The van der Waals surface area contributed by atoms with E-state index in [0.717, 1.165) is 17.7 Å². The van der Waals surface area contributed by atoms with Crippen molar-refractivity contribution in [3.63, 3.8) is 0 Å². The Morgan fingerprint density at radius 2 is 1.70 bits per heavy atom. The summed E-state index contributed by atoms with van der Waals surface area (Å²) in [5, 5.41) is 0. The summed E-state index contributed by atoms with van der Waals surface area (Å²) in [4.78, 5) is 12.2. The lowest BCUT2D eigenvalue weighted by Gasteiger charge is -2.11. The Hall–Kier alpha value is -2.09. The summed E-state index contributed by atoms with van der Waals surface area (Å²) in [6, 6.07) is 17.8. The van der Waals surface area contributed by atoms with E-state index in [9.17, 15) is 4.79 Å². The summed E-state index contributed by atoms with van der Waals surface area (Å²) in [5.74, 6) is 1.03. The molecule has 20 heavy (non-hydrogen) atoms. The maximum atomic E-state index is 12.2. The molecule has 0 aromatic heterocycles. The Labute approximate surface area is 120 Å². The van der Waals surface area contributed by atoms with Crippen molar-refractivity contribution < 1.29 is 9.53 Å². The molecule has 0 spiro atoms. The number of aryl methyl sites for hydroxylation is 1. The zero-order valence-electron chi connectivity index (χ0n) is 12.0. The van der Waals surface area contributed by atoms with Gasteiger partial charge >= 0.3 is 0 Å². The van der Waals surface area contributed by atoms with Gasteiger partial charge in [-0.3, -0.25) is 4.79 Å². The molecule has 0 saturated carbocycles. The first kappa shape index (κ1) is 14.3. The van der Waals surface area contributed by atoms with Crippen LogP contribution in [0.3, 0.4) is 0 Å². The fraction of sp³-hybridized carbons (Fsp3) is 0.278. The van der Waals surface area contributed by atoms with Crippen molar-refractivity contribution in [2.75, 3.05) is 7.11 Å². The van der Waals surface area contributed by atoms with Gasteiger partial charge in [0, 0.05) is 12.3 Å². The van der Waals surface area contributed by atoms with Crippen molar-refractivity contribution in [1.29, 1.82) is 0 Å². The number of benzene rings is 2. The van der Waals surface area contributed by atoms with Gasteiger partial charge in [-0.25, -0.2) is 0 Å². The van der Waals surface area contributed by atoms with Crippen LogP contribution in [0, 0.1) is 0 Å². The van der Waals surface area contributed by atoms with Gasteiger partial charge in [0.1, 0.15) is 11.5 Å². The van der Waals surface area contributed by atoms with Crippen molar-refractivity contribution in [1.82, 2.24) is 0 Å². The van der Waals surface area contributed by atoms with Crippen LogP contribution in [-0.4, -0.2) is 12.9 Å². The van der Waals surface area contributed by atoms with Gasteiger partial charge in [-0.05, 0) is 29.7 Å². The van der Waals surface area contributed by atoms with Crippen molar-refractivity contribution in [3.8, 4) is 5.75 Å². The molecule has 0 bridgehead atoms. The van der Waals surface area contributed by atoms with Crippen molar-refractivity contribution in [2.24, 2.45) is 0 Å². The van der Waals surface area contributed by atoms with Crippen LogP contribution < -0.4 is 4.74 Å². The monoisotopic (exact) mass is 268 g/mol. The number of hydrogen-bond acceptors (Lipinski definition) is 2. The molecule has 2 aromatic carbocycles. The highest BCUT2D eigenvalue weighted by molar-refractivity contribution is 5.85. The number of ether oxygens (including phenoxy) is 1. The SMILES string of the molecule is COc1ccc(C(C)C(=O)CCc2ccccc2)cc1. The second-order valence-electron chi connectivity index (χ2n) is 4.95. The molecule has 0 fully saturated rings. The smallest absolute Gasteiger partial charge is 0.140 e. The van der Waals surface area contributed by atoms with E-state index in [1.807, 2.05) is 49.4 Å². The van der Waals surface area contributed by atoms with E-state index in [1.54, 1.807) is 7.11 Å². The van der Waals surface area contributed by atoms with E-state index in [4.69, 9.17) is 4.74 Å². The van der Waals surface area contributed by atoms with Gasteiger partial charge in [-0.2, -0.15) is 0 Å². The van der Waals surface area contributed by atoms with Gasteiger partial charge in [0.05, 0.1) is 7.11 Å². The lowest BCUT2D eigenvalue weighted by atomic mass is 9.93. The molecule has 104 valence electrons. The Bertz CT molecular complexity index is 543. The van der Waals surface area contributed by atoms with E-state index in [1.165, 1.54) is 5.56 Å². The van der Waals surface area contributed by atoms with Crippen molar-refractivity contribution in [3.05, 3.63) is 65.7 Å². The Balaban J connectivity index is 1.94. The molecule has 0 amide bonds. The predicted molar refractivity (Wildman–Crippen MR) is 81.2 cm³/mol. The molecule has 0 aliphatic heterocycles. The number of Topliss-reactive ketones (excluding diaryl/α,β-unsaturated/α-hetero) is 1. The second kappa shape index (κ2) is 6.90. The topological polar surface area (TPSA) is 26.3 Å². The van der Waals surface area contributed by atoms with Crippen molar-refractivity contribution >= 4 is 5.78 Å². The van der Waals surface area contributed by atoms with Gasteiger partial charge in [0.25, 0.3) is 0 Å². The largest absolute Gasteiger partial charge is 0.497 e. The molecule has 1 atom stereocenters. The van der Waals surface area contributed by atoms with Crippen LogP contribution in [0.5, 0.6) is 5.75 Å². The molecule has 0 N–H and O–H groups in total. The third-order valence-electron chi connectivity index (χ3n) is 3.60. The van der Waals surface area contributed by atoms with Crippen LogP contribution in [0.4, 0.5) is 0 Å². The minimum absolute atomic E-state index is 0.0652. The summed E-state index contributed by atoms with van der Waals surface area (Å²) in [6.45, 7) is 1.97. The molecular weight excluding hydrogens is 248 g/mol. The molecular formula is C18H20O2. The predicted octanol–water partition coefficient (Wildman–Crippen LogP) is 4.00. The van der Waals surface area contributed by atoms with E-state index in [2.05, 4.69) is 12.1 Å². The third-order valence-corrected chi connectivity index (χ3v) is 3.60. The normalized spacial score (nSPS) is 11.9. The van der Waals surface area contributed by atoms with Gasteiger partial charge in [0.2, 0.25) is 0 Å². The number of carbonyl (C=O) groups is 1. The van der Waals surface area contributed by atoms with Crippen molar-refractivity contribution in [2.45, 2.75) is 25.7 Å². The lowest BCUT2D eigenvalue weighted by molar-refractivity contribution is -0.120. The maximum Gasteiger partial charge on any atom is 0.140 e. The average Bonchev–Trinajstić information content (AvgIpc) is 2.53. The molecule has 0 radical (unpaired) electrons. The fourth-order valence-electron chi connectivity index (χ4n) is 2.21. The molecule has 2 rings (SSSR count). The standard InChI is InChI=1S/C18H20O2/c1-14(16-9-11-17(20-2)12-10-16)18(19)13-8-15-6-4-3-5-7-15/h3-7,9-12,14H,8,13H2,1-2H3. The first-order valence-electron chi connectivity index (χ1n) is 6.91.